The number of carbonyl (C=O) groups excluding carboxylic acids is 4. The molecule has 7 rings (SSSR count). The van der Waals surface area contributed by atoms with Crippen molar-refractivity contribution >= 4 is 58.2 Å². The predicted molar refractivity (Wildman–Crippen MR) is 165 cm³/mol. The smallest absolute Gasteiger partial charge is 0.238 e. The molecule has 0 bridgehead atoms. The number of phenolic OH excluding ortho intramolecular Hbond substituents is 1. The topological polar surface area (TPSA) is 104 Å². The highest BCUT2D eigenvalue weighted by Crippen LogP contribution is 2.59. The minimum Gasteiger partial charge on any atom is -0.504 e. The highest BCUT2D eigenvalue weighted by atomic mass is 35.5. The lowest BCUT2D eigenvalue weighted by Gasteiger charge is -2.44. The molecule has 0 radical (unpaired) electrons. The Balaban J connectivity index is 1.34. The molecule has 1 N–H and O–H groups in total. The second kappa shape index (κ2) is 10.8. The van der Waals surface area contributed by atoms with Gasteiger partial charge in [0.25, 0.3) is 0 Å². The van der Waals surface area contributed by atoms with E-state index >= 15 is 0 Å². The third kappa shape index (κ3) is 4.34. The summed E-state index contributed by atoms with van der Waals surface area (Å²) >= 11 is 12.2. The Hall–Kier alpha value is -4.14. The van der Waals surface area contributed by atoms with Gasteiger partial charge in [-0.25, -0.2) is 0 Å². The molecule has 8 nitrogen and oxygen atoms in total. The molecule has 3 aromatic rings. The molecule has 0 spiro atoms. The maximum absolute atomic E-state index is 14.2. The quantitative estimate of drug-likeness (QED) is 0.268. The summed E-state index contributed by atoms with van der Waals surface area (Å²) < 4.78 is 5.68. The van der Waals surface area contributed by atoms with Crippen LogP contribution in [0, 0.1) is 29.6 Å². The third-order valence-electron chi connectivity index (χ3n) is 9.46. The van der Waals surface area contributed by atoms with Gasteiger partial charge in [0.1, 0.15) is 0 Å². The SMILES string of the molecule is CCOc1cc(C2C3=CCC4C(=O)N(c5ccc(Cl)cc5)C(=O)C4C3CC3C(=O)N(c4ccc(Cl)cc4)C(=O)C32)ccc1O. The van der Waals surface area contributed by atoms with Crippen LogP contribution in [-0.2, 0) is 19.2 Å². The number of amides is 4. The standard InChI is InChI=1S/C34H28Cl2N2O6/c1-2-44-27-15-17(3-14-26(27)39)28-22-12-13-23-29(33(42)37(31(23)40)20-8-4-18(35)5-9-20)24(22)16-25-30(28)34(43)38(32(25)41)21-10-6-19(36)7-11-21/h3-12,14-15,23-25,28-30,39H,2,13,16H2,1H3. The highest BCUT2D eigenvalue weighted by Gasteiger charge is 2.62. The average Bonchev–Trinajstić information content (AvgIpc) is 3.42. The van der Waals surface area contributed by atoms with Crippen LogP contribution < -0.4 is 14.5 Å². The lowest BCUT2D eigenvalue weighted by atomic mass is 9.57. The summed E-state index contributed by atoms with van der Waals surface area (Å²) in [4.78, 5) is 58.5. The van der Waals surface area contributed by atoms with Gasteiger partial charge in [0.15, 0.2) is 11.5 Å². The summed E-state index contributed by atoms with van der Waals surface area (Å²) in [5.74, 6) is -4.79. The van der Waals surface area contributed by atoms with Gasteiger partial charge in [0.2, 0.25) is 23.6 Å². The van der Waals surface area contributed by atoms with Gasteiger partial charge >= 0.3 is 0 Å². The molecule has 10 heteroatoms. The van der Waals surface area contributed by atoms with E-state index in [-0.39, 0.29) is 41.5 Å². The zero-order valence-electron chi connectivity index (χ0n) is 23.7. The first-order chi connectivity index (χ1) is 21.2. The van der Waals surface area contributed by atoms with Gasteiger partial charge in [-0.05, 0) is 91.9 Å². The summed E-state index contributed by atoms with van der Waals surface area (Å²) in [5, 5.41) is 11.4. The second-order valence-electron chi connectivity index (χ2n) is 11.7. The van der Waals surface area contributed by atoms with Crippen LogP contribution in [0.1, 0.15) is 31.2 Å². The van der Waals surface area contributed by atoms with Crippen molar-refractivity contribution in [2.45, 2.75) is 25.7 Å². The van der Waals surface area contributed by atoms with Crippen molar-refractivity contribution in [1.82, 2.24) is 0 Å². The summed E-state index contributed by atoms with van der Waals surface area (Å²) in [5.41, 5.74) is 2.43. The van der Waals surface area contributed by atoms with E-state index in [0.29, 0.717) is 40.0 Å². The zero-order valence-corrected chi connectivity index (χ0v) is 25.2. The summed E-state index contributed by atoms with van der Waals surface area (Å²) in [6.07, 6.45) is 2.57. The average molecular weight is 632 g/mol. The molecule has 2 saturated heterocycles. The van der Waals surface area contributed by atoms with Gasteiger partial charge in [-0.3, -0.25) is 29.0 Å². The number of nitrogens with zero attached hydrogens (tertiary/aromatic N) is 2. The molecule has 4 amide bonds. The fraction of sp³-hybridized carbons (Fsp3) is 0.294. The highest BCUT2D eigenvalue weighted by molar-refractivity contribution is 6.31. The number of carbonyl (C=O) groups is 4. The maximum Gasteiger partial charge on any atom is 0.238 e. The number of benzene rings is 3. The minimum atomic E-state index is -0.740. The molecule has 0 aromatic heterocycles. The van der Waals surface area contributed by atoms with Crippen LogP contribution in [-0.4, -0.2) is 35.3 Å². The Bertz CT molecular complexity index is 1740. The molecule has 6 atom stereocenters. The normalized spacial score (nSPS) is 27.7. The van der Waals surface area contributed by atoms with E-state index in [4.69, 9.17) is 27.9 Å². The lowest BCUT2D eigenvalue weighted by molar-refractivity contribution is -0.126. The van der Waals surface area contributed by atoms with Crippen LogP contribution in [0.3, 0.4) is 0 Å². The molecule has 224 valence electrons. The van der Waals surface area contributed by atoms with Gasteiger partial charge in [-0.15, -0.1) is 0 Å². The first-order valence-corrected chi connectivity index (χ1v) is 15.4. The lowest BCUT2D eigenvalue weighted by Crippen LogP contribution is -2.43. The zero-order chi connectivity index (χ0) is 30.9. The number of allylic oxidation sites excluding steroid dienone is 2. The van der Waals surface area contributed by atoms with E-state index in [1.807, 2.05) is 6.08 Å². The predicted octanol–water partition coefficient (Wildman–Crippen LogP) is 6.14. The van der Waals surface area contributed by atoms with Crippen molar-refractivity contribution < 1.29 is 29.0 Å². The van der Waals surface area contributed by atoms with Crippen LogP contribution in [0.15, 0.2) is 78.4 Å². The van der Waals surface area contributed by atoms with Crippen molar-refractivity contribution in [2.75, 3.05) is 16.4 Å². The van der Waals surface area contributed by atoms with Crippen molar-refractivity contribution in [3.05, 3.63) is 94.0 Å². The molecule has 2 aliphatic heterocycles. The Kier molecular flexibility index (Phi) is 7.02. The molecular formula is C34H28Cl2N2O6. The number of halogens is 2. The fourth-order valence-electron chi connectivity index (χ4n) is 7.65. The molecule has 4 aliphatic rings. The summed E-state index contributed by atoms with van der Waals surface area (Å²) in [7, 11) is 0. The maximum atomic E-state index is 14.2. The summed E-state index contributed by atoms with van der Waals surface area (Å²) in [6, 6.07) is 18.1. The third-order valence-corrected chi connectivity index (χ3v) is 9.96. The van der Waals surface area contributed by atoms with Crippen molar-refractivity contribution in [1.29, 1.82) is 0 Å². The van der Waals surface area contributed by atoms with E-state index < -0.39 is 35.5 Å². The number of imide groups is 2. The molecule has 6 unspecified atom stereocenters. The Morgan fingerprint density at radius 3 is 1.91 bits per heavy atom. The van der Waals surface area contributed by atoms with Crippen LogP contribution in [0.5, 0.6) is 11.5 Å². The number of phenols is 1. The number of hydrogen-bond donors (Lipinski definition) is 1. The number of rotatable bonds is 5. The fourth-order valence-corrected chi connectivity index (χ4v) is 7.90. The van der Waals surface area contributed by atoms with E-state index in [9.17, 15) is 24.3 Å². The van der Waals surface area contributed by atoms with E-state index in [2.05, 4.69) is 0 Å². The van der Waals surface area contributed by atoms with Crippen LogP contribution in [0.2, 0.25) is 10.0 Å². The van der Waals surface area contributed by atoms with Crippen LogP contribution in [0.25, 0.3) is 0 Å². The minimum absolute atomic E-state index is 0.0380. The van der Waals surface area contributed by atoms with Crippen LogP contribution >= 0.6 is 23.2 Å². The molecule has 44 heavy (non-hydrogen) atoms. The molecule has 2 aliphatic carbocycles. The number of aromatic hydroxyl groups is 1. The first-order valence-electron chi connectivity index (χ1n) is 14.6. The van der Waals surface area contributed by atoms with Gasteiger partial charge in [-0.1, -0.05) is 40.9 Å². The molecule has 3 aromatic carbocycles. The number of fused-ring (bicyclic) bond motifs is 4. The van der Waals surface area contributed by atoms with Crippen molar-refractivity contribution in [3.63, 3.8) is 0 Å². The molecule has 1 saturated carbocycles. The van der Waals surface area contributed by atoms with Crippen molar-refractivity contribution in [2.24, 2.45) is 29.6 Å². The number of ether oxygens (including phenoxy) is 1. The number of anilines is 2. The van der Waals surface area contributed by atoms with Gasteiger partial charge in [0.05, 0.1) is 41.7 Å². The van der Waals surface area contributed by atoms with Gasteiger partial charge < -0.3 is 9.84 Å². The Morgan fingerprint density at radius 1 is 0.750 bits per heavy atom. The Morgan fingerprint density at radius 2 is 1.32 bits per heavy atom. The van der Waals surface area contributed by atoms with Gasteiger partial charge in [0, 0.05) is 16.0 Å². The summed E-state index contributed by atoms with van der Waals surface area (Å²) in [6.45, 7) is 2.13. The van der Waals surface area contributed by atoms with E-state index in [1.165, 1.54) is 15.9 Å². The second-order valence-corrected chi connectivity index (χ2v) is 12.5. The first kappa shape index (κ1) is 28.6. The van der Waals surface area contributed by atoms with Crippen molar-refractivity contribution in [3.8, 4) is 11.5 Å². The van der Waals surface area contributed by atoms with Crippen LogP contribution in [0.4, 0.5) is 11.4 Å². The van der Waals surface area contributed by atoms with E-state index in [0.717, 1.165) is 5.57 Å². The number of hydrogen-bond acceptors (Lipinski definition) is 6. The van der Waals surface area contributed by atoms with Gasteiger partial charge in [-0.2, -0.15) is 0 Å². The monoisotopic (exact) mass is 630 g/mol. The van der Waals surface area contributed by atoms with E-state index in [1.54, 1.807) is 67.6 Å². The molecule has 2 heterocycles. The Labute approximate surface area is 263 Å². The largest absolute Gasteiger partial charge is 0.504 e. The molecule has 3 fully saturated rings. The molecular weight excluding hydrogens is 603 g/mol.